The van der Waals surface area contributed by atoms with Crippen LogP contribution in [0.3, 0.4) is 0 Å². The lowest BCUT2D eigenvalue weighted by Gasteiger charge is -2.31. The highest BCUT2D eigenvalue weighted by atomic mass is 16.6. The molecule has 0 aliphatic heterocycles. The standard InChI is InChI=1S/C18H22O9/c19-9-3-5-1-7(9)13(15(21)22)11(5)17(25)27-18(26)12-6-2-8(10(20)4-6)14(12)16(23)24/h5-14,19-20H,1-4H2,(H,21,22)(H,23,24). The number of aliphatic hydroxyl groups excluding tert-OH is 2. The lowest BCUT2D eigenvalue weighted by Crippen LogP contribution is -2.44. The molecule has 4 fully saturated rings. The van der Waals surface area contributed by atoms with Crippen LogP contribution in [0.4, 0.5) is 0 Å². The summed E-state index contributed by atoms with van der Waals surface area (Å²) in [6.45, 7) is 0. The number of fused-ring (bicyclic) bond motifs is 4. The van der Waals surface area contributed by atoms with Gasteiger partial charge >= 0.3 is 23.9 Å². The maximum atomic E-state index is 12.6. The molecule has 0 aromatic rings. The Hall–Kier alpha value is -2.00. The molecule has 10 unspecified atom stereocenters. The van der Waals surface area contributed by atoms with E-state index < -0.39 is 71.6 Å². The topological polar surface area (TPSA) is 158 Å². The van der Waals surface area contributed by atoms with Crippen molar-refractivity contribution in [2.75, 3.05) is 0 Å². The van der Waals surface area contributed by atoms with Gasteiger partial charge in [0.25, 0.3) is 0 Å². The van der Waals surface area contributed by atoms with Crippen molar-refractivity contribution in [1.29, 1.82) is 0 Å². The van der Waals surface area contributed by atoms with Crippen LogP contribution in [0.5, 0.6) is 0 Å². The number of rotatable bonds is 4. The molecular formula is C18H22O9. The van der Waals surface area contributed by atoms with E-state index in [0.29, 0.717) is 25.7 Å². The van der Waals surface area contributed by atoms with Gasteiger partial charge in [-0.1, -0.05) is 0 Å². The highest BCUT2D eigenvalue weighted by Gasteiger charge is 2.61. The van der Waals surface area contributed by atoms with Gasteiger partial charge in [-0.15, -0.1) is 0 Å². The van der Waals surface area contributed by atoms with E-state index in [2.05, 4.69) is 0 Å². The Morgan fingerprint density at radius 2 is 1.00 bits per heavy atom. The van der Waals surface area contributed by atoms with E-state index in [1.165, 1.54) is 0 Å². The first-order valence-electron chi connectivity index (χ1n) is 9.28. The molecular weight excluding hydrogens is 360 g/mol. The van der Waals surface area contributed by atoms with E-state index >= 15 is 0 Å². The summed E-state index contributed by atoms with van der Waals surface area (Å²) >= 11 is 0. The zero-order chi connectivity index (χ0) is 19.6. The van der Waals surface area contributed by atoms with Crippen LogP contribution < -0.4 is 0 Å². The van der Waals surface area contributed by atoms with E-state index in [-0.39, 0.29) is 11.8 Å². The zero-order valence-electron chi connectivity index (χ0n) is 14.4. The number of carbonyl (C=O) groups is 4. The molecule has 4 rings (SSSR count). The molecule has 0 spiro atoms. The molecule has 10 atom stereocenters. The fraction of sp³-hybridized carbons (Fsp3) is 0.778. The largest absolute Gasteiger partial charge is 0.481 e. The van der Waals surface area contributed by atoms with Gasteiger partial charge < -0.3 is 25.2 Å². The molecule has 0 saturated heterocycles. The van der Waals surface area contributed by atoms with Crippen LogP contribution in [-0.2, 0) is 23.9 Å². The highest BCUT2D eigenvalue weighted by Crippen LogP contribution is 2.55. The zero-order valence-corrected chi connectivity index (χ0v) is 14.4. The number of carboxylic acids is 2. The SMILES string of the molecule is O=C(OC(=O)C1C2CC(O)C(C2)C1C(=O)O)C1C2CC(O)C(C2)C1C(=O)O. The second-order valence-electron chi connectivity index (χ2n) is 8.45. The lowest BCUT2D eigenvalue weighted by atomic mass is 9.77. The second-order valence-corrected chi connectivity index (χ2v) is 8.45. The molecule has 4 aliphatic carbocycles. The Bertz CT molecular complexity index is 645. The number of esters is 2. The van der Waals surface area contributed by atoms with E-state index in [9.17, 15) is 39.6 Å². The fourth-order valence-electron chi connectivity index (χ4n) is 6.24. The molecule has 0 amide bonds. The Balaban J connectivity index is 1.49. The molecule has 148 valence electrons. The summed E-state index contributed by atoms with van der Waals surface area (Å²) in [6.07, 6.45) is -0.187. The number of carboxylic acid groups (broad SMARTS) is 2. The number of aliphatic hydroxyl groups is 2. The van der Waals surface area contributed by atoms with Crippen molar-refractivity contribution >= 4 is 23.9 Å². The van der Waals surface area contributed by atoms with Gasteiger partial charge in [0, 0.05) is 0 Å². The Kier molecular flexibility index (Phi) is 4.27. The Labute approximate surface area is 154 Å². The molecule has 4 aliphatic rings. The maximum Gasteiger partial charge on any atom is 0.317 e. The van der Waals surface area contributed by atoms with Crippen LogP contribution in [-0.4, -0.2) is 56.5 Å². The fourth-order valence-corrected chi connectivity index (χ4v) is 6.24. The van der Waals surface area contributed by atoms with Crippen molar-refractivity contribution in [2.24, 2.45) is 47.3 Å². The monoisotopic (exact) mass is 382 g/mol. The third-order valence-electron chi connectivity index (χ3n) is 7.25. The van der Waals surface area contributed by atoms with Crippen LogP contribution in [0.15, 0.2) is 0 Å². The Morgan fingerprint density at radius 3 is 1.33 bits per heavy atom. The average Bonchev–Trinajstić information content (AvgIpc) is 3.30. The van der Waals surface area contributed by atoms with Gasteiger partial charge in [0.15, 0.2) is 0 Å². The number of hydrogen-bond acceptors (Lipinski definition) is 7. The average molecular weight is 382 g/mol. The van der Waals surface area contributed by atoms with Gasteiger partial charge in [-0.3, -0.25) is 19.2 Å². The van der Waals surface area contributed by atoms with Crippen LogP contribution in [0.1, 0.15) is 25.7 Å². The summed E-state index contributed by atoms with van der Waals surface area (Å²) in [7, 11) is 0. The van der Waals surface area contributed by atoms with Crippen LogP contribution in [0, 0.1) is 47.3 Å². The maximum absolute atomic E-state index is 12.6. The van der Waals surface area contributed by atoms with Crippen LogP contribution >= 0.6 is 0 Å². The summed E-state index contributed by atoms with van der Waals surface area (Å²) in [6, 6.07) is 0. The minimum Gasteiger partial charge on any atom is -0.481 e. The summed E-state index contributed by atoms with van der Waals surface area (Å²) in [5, 5.41) is 38.7. The number of aliphatic carboxylic acids is 2. The van der Waals surface area contributed by atoms with Crippen molar-refractivity contribution in [2.45, 2.75) is 37.9 Å². The normalized spacial score (nSPS) is 47.2. The summed E-state index contributed by atoms with van der Waals surface area (Å²) in [4.78, 5) is 48.3. The van der Waals surface area contributed by atoms with E-state index in [1.807, 2.05) is 0 Å². The summed E-state index contributed by atoms with van der Waals surface area (Å²) in [5.74, 6) is -10.3. The van der Waals surface area contributed by atoms with E-state index in [1.54, 1.807) is 0 Å². The highest BCUT2D eigenvalue weighted by molar-refractivity contribution is 5.93. The van der Waals surface area contributed by atoms with E-state index in [0.717, 1.165) is 0 Å². The number of ether oxygens (including phenoxy) is 1. The van der Waals surface area contributed by atoms with Gasteiger partial charge in [-0.2, -0.15) is 0 Å². The van der Waals surface area contributed by atoms with Crippen molar-refractivity contribution in [3.05, 3.63) is 0 Å². The molecule has 0 radical (unpaired) electrons. The molecule has 4 N–H and O–H groups in total. The van der Waals surface area contributed by atoms with E-state index in [4.69, 9.17) is 4.74 Å². The first-order valence-corrected chi connectivity index (χ1v) is 9.28. The van der Waals surface area contributed by atoms with Gasteiger partial charge in [0.1, 0.15) is 0 Å². The minimum atomic E-state index is -1.21. The van der Waals surface area contributed by atoms with Crippen LogP contribution in [0.2, 0.25) is 0 Å². The molecule has 9 heteroatoms. The predicted octanol–water partition coefficient (Wildman–Crippen LogP) is -0.508. The minimum absolute atomic E-state index is 0.292. The lowest BCUT2D eigenvalue weighted by molar-refractivity contribution is -0.176. The molecule has 27 heavy (non-hydrogen) atoms. The molecule has 9 nitrogen and oxygen atoms in total. The third-order valence-corrected chi connectivity index (χ3v) is 7.25. The molecule has 0 heterocycles. The quantitative estimate of drug-likeness (QED) is 0.371. The first-order chi connectivity index (χ1) is 12.7. The smallest absolute Gasteiger partial charge is 0.317 e. The molecule has 4 bridgehead atoms. The van der Waals surface area contributed by atoms with Gasteiger partial charge in [0.05, 0.1) is 35.9 Å². The van der Waals surface area contributed by atoms with Gasteiger partial charge in [-0.25, -0.2) is 0 Å². The second kappa shape index (κ2) is 6.27. The first kappa shape index (κ1) is 18.4. The summed E-state index contributed by atoms with van der Waals surface area (Å²) in [5.41, 5.74) is 0. The van der Waals surface area contributed by atoms with Crippen molar-refractivity contribution in [3.63, 3.8) is 0 Å². The molecule has 4 saturated carbocycles. The van der Waals surface area contributed by atoms with Gasteiger partial charge in [-0.05, 0) is 49.4 Å². The van der Waals surface area contributed by atoms with Crippen LogP contribution in [0.25, 0.3) is 0 Å². The van der Waals surface area contributed by atoms with Crippen molar-refractivity contribution < 1.29 is 44.3 Å². The van der Waals surface area contributed by atoms with Gasteiger partial charge in [0.2, 0.25) is 0 Å². The predicted molar refractivity (Wildman–Crippen MR) is 84.8 cm³/mol. The third kappa shape index (κ3) is 2.67. The number of carbonyl (C=O) groups excluding carboxylic acids is 2. The molecule has 0 aromatic carbocycles. The van der Waals surface area contributed by atoms with Crippen molar-refractivity contribution in [1.82, 2.24) is 0 Å². The summed E-state index contributed by atoms with van der Waals surface area (Å²) < 4.78 is 4.99. The van der Waals surface area contributed by atoms with Crippen molar-refractivity contribution in [3.8, 4) is 0 Å². The molecule has 0 aromatic heterocycles. The number of hydrogen-bond donors (Lipinski definition) is 4. The Morgan fingerprint density at radius 1 is 0.630 bits per heavy atom.